The molecule has 0 aromatic carbocycles. The molecule has 2 saturated carbocycles. The summed E-state index contributed by atoms with van der Waals surface area (Å²) in [7, 11) is 0. The Morgan fingerprint density at radius 1 is 0.667 bits per heavy atom. The van der Waals surface area contributed by atoms with Gasteiger partial charge >= 0.3 is 0 Å². The molecule has 0 heterocycles. The summed E-state index contributed by atoms with van der Waals surface area (Å²) in [6, 6.07) is 0. The van der Waals surface area contributed by atoms with Gasteiger partial charge in [0.2, 0.25) is 0 Å². The second-order valence-electron chi connectivity index (χ2n) is 9.25. The summed E-state index contributed by atoms with van der Waals surface area (Å²) in [5.74, 6) is 7.73. The van der Waals surface area contributed by atoms with Crippen LogP contribution in [0.25, 0.3) is 0 Å². The molecule has 5 atom stereocenters. The Labute approximate surface area is 134 Å². The molecular weight excluding hydrogens is 252 g/mol. The van der Waals surface area contributed by atoms with Crippen molar-refractivity contribution in [1.82, 2.24) is 0 Å². The molecule has 0 aromatic heterocycles. The molecule has 124 valence electrons. The van der Waals surface area contributed by atoms with E-state index < -0.39 is 0 Å². The maximum atomic E-state index is 2.50. The lowest BCUT2D eigenvalue weighted by atomic mass is 9.57. The number of rotatable bonds is 4. The molecule has 0 aromatic rings. The molecule has 2 rings (SSSR count). The Bertz CT molecular complexity index is 301. The number of hydrogen-bond donors (Lipinski definition) is 0. The van der Waals surface area contributed by atoms with Gasteiger partial charge in [-0.15, -0.1) is 0 Å². The van der Waals surface area contributed by atoms with Crippen LogP contribution in [0.2, 0.25) is 0 Å². The molecule has 0 aliphatic heterocycles. The van der Waals surface area contributed by atoms with Crippen LogP contribution in [0.1, 0.15) is 86.5 Å². The van der Waals surface area contributed by atoms with Gasteiger partial charge in [0.15, 0.2) is 0 Å². The van der Waals surface area contributed by atoms with Gasteiger partial charge in [-0.05, 0) is 66.6 Å². The van der Waals surface area contributed by atoms with E-state index in [9.17, 15) is 0 Å². The van der Waals surface area contributed by atoms with Crippen LogP contribution < -0.4 is 0 Å². The van der Waals surface area contributed by atoms with Crippen LogP contribution in [0.4, 0.5) is 0 Å². The Morgan fingerprint density at radius 2 is 1.33 bits per heavy atom. The van der Waals surface area contributed by atoms with Gasteiger partial charge in [-0.2, -0.15) is 0 Å². The molecule has 2 aliphatic carbocycles. The van der Waals surface area contributed by atoms with Crippen molar-refractivity contribution in [2.24, 2.45) is 47.3 Å². The first-order valence-electron chi connectivity index (χ1n) is 9.91. The molecule has 0 spiro atoms. The fourth-order valence-electron chi connectivity index (χ4n) is 5.87. The molecule has 0 amide bonds. The highest BCUT2D eigenvalue weighted by atomic mass is 14.5. The molecule has 5 unspecified atom stereocenters. The first-order chi connectivity index (χ1) is 9.91. The minimum absolute atomic E-state index is 0.877. The molecule has 0 bridgehead atoms. The average Bonchev–Trinajstić information content (AvgIpc) is 2.46. The summed E-state index contributed by atoms with van der Waals surface area (Å²) in [6.07, 6.45) is 10.6. The maximum Gasteiger partial charge on any atom is -0.0329 e. The van der Waals surface area contributed by atoms with Gasteiger partial charge in [0.1, 0.15) is 0 Å². The third-order valence-corrected chi connectivity index (χ3v) is 6.99. The van der Waals surface area contributed by atoms with E-state index in [1.54, 1.807) is 0 Å². The Hall–Kier alpha value is 0. The van der Waals surface area contributed by atoms with Crippen LogP contribution in [-0.4, -0.2) is 0 Å². The minimum atomic E-state index is 0.877. The summed E-state index contributed by atoms with van der Waals surface area (Å²) in [5.41, 5.74) is 0. The van der Waals surface area contributed by atoms with Crippen molar-refractivity contribution in [2.45, 2.75) is 86.5 Å². The fourth-order valence-corrected chi connectivity index (χ4v) is 5.87. The van der Waals surface area contributed by atoms with Gasteiger partial charge in [0.05, 0.1) is 0 Å². The van der Waals surface area contributed by atoms with Crippen molar-refractivity contribution in [3.63, 3.8) is 0 Å². The summed E-state index contributed by atoms with van der Waals surface area (Å²) < 4.78 is 0. The van der Waals surface area contributed by atoms with Gasteiger partial charge in [0.25, 0.3) is 0 Å². The van der Waals surface area contributed by atoms with Crippen LogP contribution in [0.3, 0.4) is 0 Å². The lowest BCUT2D eigenvalue weighted by Crippen LogP contribution is -2.40. The van der Waals surface area contributed by atoms with Crippen molar-refractivity contribution in [2.75, 3.05) is 0 Å². The molecule has 2 fully saturated rings. The highest BCUT2D eigenvalue weighted by molar-refractivity contribution is 4.91. The highest BCUT2D eigenvalue weighted by Gasteiger charge is 2.41. The van der Waals surface area contributed by atoms with E-state index in [1.165, 1.54) is 44.9 Å². The van der Waals surface area contributed by atoms with Gasteiger partial charge in [-0.25, -0.2) is 0 Å². The van der Waals surface area contributed by atoms with E-state index in [0.29, 0.717) is 0 Å². The SMILES string of the molecule is CC(C)C1CCCC(C2CCCC(C(C)C)C2C(C)C)C1. The van der Waals surface area contributed by atoms with Crippen molar-refractivity contribution >= 4 is 0 Å². The fraction of sp³-hybridized carbons (Fsp3) is 1.00. The summed E-state index contributed by atoms with van der Waals surface area (Å²) in [4.78, 5) is 0. The largest absolute Gasteiger partial charge is 0.0625 e. The molecule has 0 N–H and O–H groups in total. The molecule has 2 aliphatic rings. The molecule has 0 radical (unpaired) electrons. The molecular formula is C21H40. The van der Waals surface area contributed by atoms with Crippen LogP contribution in [0.15, 0.2) is 0 Å². The van der Waals surface area contributed by atoms with E-state index in [0.717, 1.165) is 47.3 Å². The van der Waals surface area contributed by atoms with E-state index in [-0.39, 0.29) is 0 Å². The van der Waals surface area contributed by atoms with Gasteiger partial charge in [-0.3, -0.25) is 0 Å². The Balaban J connectivity index is 2.11. The Kier molecular flexibility index (Phi) is 6.21. The first-order valence-corrected chi connectivity index (χ1v) is 9.91. The van der Waals surface area contributed by atoms with Crippen molar-refractivity contribution < 1.29 is 0 Å². The minimum Gasteiger partial charge on any atom is -0.0625 e. The lowest BCUT2D eigenvalue weighted by molar-refractivity contribution is 0.0146. The highest BCUT2D eigenvalue weighted by Crippen LogP contribution is 2.50. The van der Waals surface area contributed by atoms with Crippen LogP contribution in [-0.2, 0) is 0 Å². The van der Waals surface area contributed by atoms with Crippen molar-refractivity contribution in [1.29, 1.82) is 0 Å². The van der Waals surface area contributed by atoms with Crippen LogP contribution in [0, 0.1) is 47.3 Å². The first kappa shape index (κ1) is 17.4. The topological polar surface area (TPSA) is 0 Å². The molecule has 0 saturated heterocycles. The zero-order valence-corrected chi connectivity index (χ0v) is 15.6. The number of hydrogen-bond acceptors (Lipinski definition) is 0. The second kappa shape index (κ2) is 7.51. The third kappa shape index (κ3) is 4.05. The monoisotopic (exact) mass is 292 g/mol. The average molecular weight is 293 g/mol. The van der Waals surface area contributed by atoms with Crippen LogP contribution >= 0.6 is 0 Å². The van der Waals surface area contributed by atoms with E-state index in [2.05, 4.69) is 41.5 Å². The van der Waals surface area contributed by atoms with Crippen molar-refractivity contribution in [3.05, 3.63) is 0 Å². The smallest absolute Gasteiger partial charge is 0.0329 e. The molecule has 0 nitrogen and oxygen atoms in total. The van der Waals surface area contributed by atoms with Gasteiger partial charge in [-0.1, -0.05) is 67.2 Å². The maximum absolute atomic E-state index is 2.50. The lowest BCUT2D eigenvalue weighted by Gasteiger charge is -2.48. The van der Waals surface area contributed by atoms with E-state index in [1.807, 2.05) is 0 Å². The predicted molar refractivity (Wildman–Crippen MR) is 94.3 cm³/mol. The zero-order chi connectivity index (χ0) is 15.6. The third-order valence-electron chi connectivity index (χ3n) is 6.99. The second-order valence-corrected chi connectivity index (χ2v) is 9.25. The standard InChI is InChI=1S/C21H40/c1-14(2)17-9-7-10-18(13-17)20-12-8-11-19(15(3)4)21(20)16(5)6/h14-21H,7-13H2,1-6H3. The van der Waals surface area contributed by atoms with E-state index in [4.69, 9.17) is 0 Å². The summed E-state index contributed by atoms with van der Waals surface area (Å²) in [5, 5.41) is 0. The molecule has 0 heteroatoms. The predicted octanol–water partition coefficient (Wildman–Crippen LogP) is 6.79. The molecule has 21 heavy (non-hydrogen) atoms. The van der Waals surface area contributed by atoms with Gasteiger partial charge in [0, 0.05) is 0 Å². The van der Waals surface area contributed by atoms with Crippen molar-refractivity contribution in [3.8, 4) is 0 Å². The normalized spacial score (nSPS) is 38.4. The Morgan fingerprint density at radius 3 is 1.90 bits per heavy atom. The summed E-state index contributed by atoms with van der Waals surface area (Å²) >= 11 is 0. The summed E-state index contributed by atoms with van der Waals surface area (Å²) in [6.45, 7) is 14.8. The van der Waals surface area contributed by atoms with Gasteiger partial charge < -0.3 is 0 Å². The quantitative estimate of drug-likeness (QED) is 0.535. The van der Waals surface area contributed by atoms with E-state index >= 15 is 0 Å². The van der Waals surface area contributed by atoms with Crippen LogP contribution in [0.5, 0.6) is 0 Å². The zero-order valence-electron chi connectivity index (χ0n) is 15.6.